The number of hydrazine groups is 1. The number of fused-ring (bicyclic) bond motifs is 1. The summed E-state index contributed by atoms with van der Waals surface area (Å²) in [5.74, 6) is 5.35. The molecule has 2 atom stereocenters. The molecule has 0 spiro atoms. The molecule has 4 nitrogen and oxygen atoms in total. The first-order valence-corrected chi connectivity index (χ1v) is 5.25. The standard InChI is InChI=1S/C11H16N3O.W/c1-6-8-4-3-5-9(8)13-7(2)10(6)11(15)14-12;/h5,8-9H,3-4,12H2,1-2H3,(H,14,15);/q-1;. The van der Waals surface area contributed by atoms with Crippen molar-refractivity contribution in [1.82, 2.24) is 5.43 Å². The van der Waals surface area contributed by atoms with Crippen LogP contribution in [0.2, 0.25) is 0 Å². The van der Waals surface area contributed by atoms with Crippen molar-refractivity contribution < 1.29 is 25.9 Å². The topological polar surface area (TPSA) is 67.5 Å². The average molecular weight is 390 g/mol. The number of hydrogen-bond acceptors (Lipinski definition) is 3. The van der Waals surface area contributed by atoms with Crippen LogP contribution in [-0.4, -0.2) is 17.7 Å². The van der Waals surface area contributed by atoms with Crippen LogP contribution in [0.25, 0.3) is 0 Å². The Labute approximate surface area is 110 Å². The maximum absolute atomic E-state index is 11.6. The molecule has 0 aromatic carbocycles. The van der Waals surface area contributed by atoms with Crippen LogP contribution in [0.4, 0.5) is 0 Å². The van der Waals surface area contributed by atoms with Crippen molar-refractivity contribution in [2.24, 2.45) is 16.8 Å². The van der Waals surface area contributed by atoms with E-state index in [2.05, 4.69) is 16.8 Å². The van der Waals surface area contributed by atoms with Gasteiger partial charge in [-0.3, -0.25) is 10.2 Å². The number of nitrogens with one attached hydrogen (secondary N) is 1. The summed E-state index contributed by atoms with van der Waals surface area (Å²) in [6, 6.07) is 0.277. The molecule has 1 saturated carbocycles. The van der Waals surface area contributed by atoms with Crippen molar-refractivity contribution in [2.75, 3.05) is 0 Å². The molecule has 2 unspecified atom stereocenters. The summed E-state index contributed by atoms with van der Waals surface area (Å²) in [6.07, 6.45) is 4.41. The average Bonchev–Trinajstić information content (AvgIpc) is 2.65. The number of aliphatic imine (C=N–C) groups is 1. The van der Waals surface area contributed by atoms with E-state index in [1.807, 2.05) is 13.8 Å². The predicted octanol–water partition coefficient (Wildman–Crippen LogP) is 0.748. The number of hydrogen-bond donors (Lipinski definition) is 2. The molecule has 2 rings (SSSR count). The summed E-state index contributed by atoms with van der Waals surface area (Å²) in [4.78, 5) is 16.1. The summed E-state index contributed by atoms with van der Waals surface area (Å²) < 4.78 is 0. The summed E-state index contributed by atoms with van der Waals surface area (Å²) in [5.41, 5.74) is 4.79. The van der Waals surface area contributed by atoms with E-state index in [1.165, 1.54) is 0 Å². The molecule has 1 fully saturated rings. The molecule has 2 aliphatic rings. The third kappa shape index (κ3) is 2.14. The van der Waals surface area contributed by atoms with Gasteiger partial charge < -0.3 is 11.4 Å². The molecule has 16 heavy (non-hydrogen) atoms. The Hall–Kier alpha value is -0.472. The molecule has 5 heteroatoms. The van der Waals surface area contributed by atoms with Gasteiger partial charge in [0.05, 0.1) is 5.57 Å². The fourth-order valence-electron chi connectivity index (χ4n) is 2.57. The number of carbonyl (C=O) groups is 1. The molecule has 3 N–H and O–H groups in total. The number of carbonyl (C=O) groups excluding carboxylic acids is 1. The summed E-state index contributed by atoms with van der Waals surface area (Å²) >= 11 is 0. The Morgan fingerprint density at radius 3 is 2.88 bits per heavy atom. The van der Waals surface area contributed by atoms with Gasteiger partial charge in [-0.15, -0.1) is 0 Å². The Bertz CT molecular complexity index is 362. The minimum absolute atomic E-state index is 0. The summed E-state index contributed by atoms with van der Waals surface area (Å²) in [5, 5.41) is 0. The zero-order valence-corrected chi connectivity index (χ0v) is 12.4. The fourth-order valence-corrected chi connectivity index (χ4v) is 2.57. The van der Waals surface area contributed by atoms with Gasteiger partial charge in [-0.2, -0.15) is 6.42 Å². The molecule has 1 heterocycles. The first kappa shape index (κ1) is 13.6. The summed E-state index contributed by atoms with van der Waals surface area (Å²) in [7, 11) is 0. The van der Waals surface area contributed by atoms with Crippen LogP contribution in [0.1, 0.15) is 26.7 Å². The molecular weight excluding hydrogens is 374 g/mol. The zero-order valence-electron chi connectivity index (χ0n) is 9.49. The number of nitrogens with two attached hydrogens (primary N) is 1. The van der Waals surface area contributed by atoms with Gasteiger partial charge in [0.25, 0.3) is 5.91 Å². The third-order valence-corrected chi connectivity index (χ3v) is 3.31. The minimum atomic E-state index is -0.223. The van der Waals surface area contributed by atoms with E-state index >= 15 is 0 Å². The zero-order chi connectivity index (χ0) is 11.0. The van der Waals surface area contributed by atoms with Crippen LogP contribution < -0.4 is 11.3 Å². The monoisotopic (exact) mass is 390 g/mol. The van der Waals surface area contributed by atoms with Gasteiger partial charge in [-0.1, -0.05) is 18.0 Å². The Morgan fingerprint density at radius 1 is 1.56 bits per heavy atom. The van der Waals surface area contributed by atoms with Gasteiger partial charge in [0, 0.05) is 26.8 Å². The molecule has 0 aromatic heterocycles. The maximum atomic E-state index is 11.6. The quantitative estimate of drug-likeness (QED) is 0.300. The van der Waals surface area contributed by atoms with Crippen molar-refractivity contribution in [3.8, 4) is 0 Å². The Kier molecular flexibility index (Phi) is 4.45. The molecule has 0 saturated heterocycles. The fraction of sp³-hybridized carbons (Fsp3) is 0.545. The van der Waals surface area contributed by atoms with Crippen LogP contribution >= 0.6 is 0 Å². The summed E-state index contributed by atoms with van der Waals surface area (Å²) in [6.45, 7) is 3.88. The van der Waals surface area contributed by atoms with Crippen LogP contribution in [0.15, 0.2) is 16.1 Å². The van der Waals surface area contributed by atoms with E-state index in [-0.39, 0.29) is 33.0 Å². The van der Waals surface area contributed by atoms with Gasteiger partial charge >= 0.3 is 0 Å². The van der Waals surface area contributed by atoms with Gasteiger partial charge in [0.15, 0.2) is 0 Å². The van der Waals surface area contributed by atoms with Crippen molar-refractivity contribution in [2.45, 2.75) is 32.7 Å². The largest absolute Gasteiger partial charge is 0.318 e. The van der Waals surface area contributed by atoms with Crippen molar-refractivity contribution >= 4 is 11.6 Å². The second-order valence-electron chi connectivity index (χ2n) is 4.16. The normalized spacial score (nSPS) is 28.1. The first-order valence-electron chi connectivity index (χ1n) is 5.25. The molecule has 88 valence electrons. The van der Waals surface area contributed by atoms with Gasteiger partial charge in [-0.05, 0) is 19.8 Å². The van der Waals surface area contributed by atoms with E-state index < -0.39 is 0 Å². The molecule has 1 aliphatic heterocycles. The second kappa shape index (κ2) is 5.24. The smallest absolute Gasteiger partial charge is 0.266 e. The number of rotatable bonds is 1. The van der Waals surface area contributed by atoms with E-state index in [0.717, 1.165) is 24.1 Å². The Balaban J connectivity index is 0.00000128. The van der Waals surface area contributed by atoms with Crippen LogP contribution in [0, 0.1) is 12.3 Å². The first-order chi connectivity index (χ1) is 7.15. The number of amides is 1. The number of dihydropyridines is 1. The molecule has 0 aromatic rings. The second-order valence-corrected chi connectivity index (χ2v) is 4.16. The minimum Gasteiger partial charge on any atom is -0.318 e. The maximum Gasteiger partial charge on any atom is 0.266 e. The van der Waals surface area contributed by atoms with Crippen LogP contribution in [0.5, 0.6) is 0 Å². The Morgan fingerprint density at radius 2 is 2.25 bits per heavy atom. The molecular formula is C11H16N3OW-. The van der Waals surface area contributed by atoms with E-state index in [1.54, 1.807) is 0 Å². The van der Waals surface area contributed by atoms with Gasteiger partial charge in [0.2, 0.25) is 0 Å². The van der Waals surface area contributed by atoms with Crippen molar-refractivity contribution in [3.05, 3.63) is 17.6 Å². The SMILES string of the molecule is CC1=NC2[CH-]CCC2C(C)=C1C(=O)NN.[W]. The van der Waals surface area contributed by atoms with Gasteiger partial charge in [0.1, 0.15) is 0 Å². The van der Waals surface area contributed by atoms with Crippen LogP contribution in [-0.2, 0) is 25.9 Å². The van der Waals surface area contributed by atoms with Crippen molar-refractivity contribution in [1.29, 1.82) is 0 Å². The van der Waals surface area contributed by atoms with Crippen molar-refractivity contribution in [3.63, 3.8) is 0 Å². The van der Waals surface area contributed by atoms with Gasteiger partial charge in [-0.25, -0.2) is 5.84 Å². The van der Waals surface area contributed by atoms with Crippen LogP contribution in [0.3, 0.4) is 0 Å². The molecule has 0 bridgehead atoms. The molecule has 0 radical (unpaired) electrons. The van der Waals surface area contributed by atoms with E-state index in [4.69, 9.17) is 5.84 Å². The molecule has 1 amide bonds. The van der Waals surface area contributed by atoms with E-state index in [0.29, 0.717) is 11.5 Å². The van der Waals surface area contributed by atoms with E-state index in [9.17, 15) is 4.79 Å². The number of nitrogens with zero attached hydrogens (tertiary/aromatic N) is 1. The third-order valence-electron chi connectivity index (χ3n) is 3.31. The molecule has 1 aliphatic carbocycles. The predicted molar refractivity (Wildman–Crippen MR) is 59.0 cm³/mol.